The first-order valence-electron chi connectivity index (χ1n) is 5.38. The van der Waals surface area contributed by atoms with Crippen molar-refractivity contribution in [1.29, 1.82) is 0 Å². The van der Waals surface area contributed by atoms with Crippen LogP contribution >= 0.6 is 11.8 Å². The Kier molecular flexibility index (Phi) is 7.02. The Balaban J connectivity index is 3.88. The molecule has 0 aliphatic heterocycles. The Morgan fingerprint density at radius 1 is 1.47 bits per heavy atom. The van der Waals surface area contributed by atoms with Crippen LogP contribution in [0.3, 0.4) is 0 Å². The van der Waals surface area contributed by atoms with E-state index in [4.69, 9.17) is 0 Å². The molecule has 0 aliphatic carbocycles. The normalized spacial score (nSPS) is 13.7. The topological polar surface area (TPSA) is 46.5 Å². The largest absolute Gasteiger partial charge is 0.469 e. The van der Waals surface area contributed by atoms with Crippen LogP contribution in [0.25, 0.3) is 0 Å². The van der Waals surface area contributed by atoms with Crippen molar-refractivity contribution in [2.45, 2.75) is 50.9 Å². The van der Waals surface area contributed by atoms with Crippen LogP contribution in [0.4, 0.5) is 0 Å². The highest BCUT2D eigenvalue weighted by Gasteiger charge is 2.23. The molecule has 0 heterocycles. The van der Waals surface area contributed by atoms with Crippen molar-refractivity contribution >= 4 is 17.7 Å². The highest BCUT2D eigenvalue weighted by atomic mass is 32.2. The fourth-order valence-corrected chi connectivity index (χ4v) is 2.39. The summed E-state index contributed by atoms with van der Waals surface area (Å²) in [5, 5.41) is 10.2. The molecule has 3 nitrogen and oxygen atoms in total. The first-order valence-corrected chi connectivity index (χ1v) is 6.43. The molecule has 0 radical (unpaired) electrons. The van der Waals surface area contributed by atoms with Crippen LogP contribution in [0.5, 0.6) is 0 Å². The number of thioether (sulfide) groups is 1. The van der Waals surface area contributed by atoms with Gasteiger partial charge < -0.3 is 9.84 Å². The van der Waals surface area contributed by atoms with Crippen molar-refractivity contribution in [3.63, 3.8) is 0 Å². The van der Waals surface area contributed by atoms with E-state index >= 15 is 0 Å². The number of carbonyl (C=O) groups excluding carboxylic acids is 1. The number of rotatable bonds is 7. The van der Waals surface area contributed by atoms with E-state index in [9.17, 15) is 9.90 Å². The van der Waals surface area contributed by atoms with Gasteiger partial charge in [-0.1, -0.05) is 20.8 Å². The van der Waals surface area contributed by atoms with Gasteiger partial charge in [-0.3, -0.25) is 4.79 Å². The number of aliphatic hydroxyl groups is 1. The molecule has 1 atom stereocenters. The van der Waals surface area contributed by atoms with Crippen LogP contribution < -0.4 is 0 Å². The van der Waals surface area contributed by atoms with E-state index in [2.05, 4.69) is 4.74 Å². The maximum atomic E-state index is 11.0. The average Bonchev–Trinajstić information content (AvgIpc) is 2.25. The number of hydrogen-bond acceptors (Lipinski definition) is 4. The summed E-state index contributed by atoms with van der Waals surface area (Å²) in [4.78, 5) is 11.0. The van der Waals surface area contributed by atoms with E-state index in [1.165, 1.54) is 7.11 Å². The zero-order valence-electron chi connectivity index (χ0n) is 10.1. The maximum absolute atomic E-state index is 11.0. The monoisotopic (exact) mass is 234 g/mol. The maximum Gasteiger partial charge on any atom is 0.306 e. The van der Waals surface area contributed by atoms with Crippen molar-refractivity contribution in [1.82, 2.24) is 0 Å². The number of carbonyl (C=O) groups is 1. The smallest absolute Gasteiger partial charge is 0.306 e. The van der Waals surface area contributed by atoms with Crippen LogP contribution in [-0.2, 0) is 9.53 Å². The van der Waals surface area contributed by atoms with Crippen molar-refractivity contribution in [3.8, 4) is 0 Å². The average molecular weight is 234 g/mol. The third-order valence-corrected chi connectivity index (χ3v) is 4.07. The van der Waals surface area contributed by atoms with Crippen molar-refractivity contribution in [3.05, 3.63) is 0 Å². The lowest BCUT2D eigenvalue weighted by molar-refractivity contribution is -0.140. The molecule has 15 heavy (non-hydrogen) atoms. The van der Waals surface area contributed by atoms with Gasteiger partial charge in [-0.25, -0.2) is 0 Å². The second-order valence-electron chi connectivity index (χ2n) is 3.83. The van der Waals surface area contributed by atoms with Crippen molar-refractivity contribution < 1.29 is 14.6 Å². The standard InChI is InChI=1S/C11H22O3S/c1-5-11(13,6-2)8-15-9(3)7-10(12)14-4/h9,13H,5-8H2,1-4H3. The Morgan fingerprint density at radius 3 is 2.40 bits per heavy atom. The van der Waals surface area contributed by atoms with Gasteiger partial charge in [0, 0.05) is 11.0 Å². The summed E-state index contributed by atoms with van der Waals surface area (Å²) in [6, 6.07) is 0. The minimum atomic E-state index is -0.588. The molecule has 0 saturated carbocycles. The van der Waals surface area contributed by atoms with Gasteiger partial charge in [-0.05, 0) is 12.8 Å². The second kappa shape index (κ2) is 7.12. The fraction of sp³-hybridized carbons (Fsp3) is 0.909. The molecule has 0 aromatic heterocycles. The summed E-state index contributed by atoms with van der Waals surface area (Å²) in [6.45, 7) is 5.94. The quantitative estimate of drug-likeness (QED) is 0.686. The molecule has 1 N–H and O–H groups in total. The first kappa shape index (κ1) is 14.8. The zero-order valence-corrected chi connectivity index (χ0v) is 10.9. The molecule has 0 aromatic carbocycles. The van der Waals surface area contributed by atoms with Crippen LogP contribution in [0.2, 0.25) is 0 Å². The van der Waals surface area contributed by atoms with Gasteiger partial charge in [0.25, 0.3) is 0 Å². The summed E-state index contributed by atoms with van der Waals surface area (Å²) in [5.41, 5.74) is -0.588. The van der Waals surface area contributed by atoms with Gasteiger partial charge in [0.15, 0.2) is 0 Å². The minimum Gasteiger partial charge on any atom is -0.469 e. The van der Waals surface area contributed by atoms with Gasteiger partial charge in [0.1, 0.15) is 0 Å². The van der Waals surface area contributed by atoms with Gasteiger partial charge in [-0.2, -0.15) is 11.8 Å². The predicted molar refractivity (Wildman–Crippen MR) is 64.1 cm³/mol. The Morgan fingerprint density at radius 2 is 2.00 bits per heavy atom. The molecular formula is C11H22O3S. The number of ether oxygens (including phenoxy) is 1. The van der Waals surface area contributed by atoms with Gasteiger partial charge in [0.05, 0.1) is 19.1 Å². The van der Waals surface area contributed by atoms with E-state index in [0.29, 0.717) is 12.2 Å². The van der Waals surface area contributed by atoms with Gasteiger partial charge in [-0.15, -0.1) is 0 Å². The molecule has 4 heteroatoms. The van der Waals surface area contributed by atoms with Crippen LogP contribution in [0.1, 0.15) is 40.0 Å². The number of methoxy groups -OCH3 is 1. The first-order chi connectivity index (χ1) is 6.97. The molecule has 0 rings (SSSR count). The molecular weight excluding hydrogens is 212 g/mol. The molecule has 0 bridgehead atoms. The molecule has 0 spiro atoms. The highest BCUT2D eigenvalue weighted by Crippen LogP contribution is 2.25. The minimum absolute atomic E-state index is 0.188. The molecule has 0 amide bonds. The van der Waals surface area contributed by atoms with Gasteiger partial charge >= 0.3 is 5.97 Å². The highest BCUT2D eigenvalue weighted by molar-refractivity contribution is 7.99. The summed E-state index contributed by atoms with van der Waals surface area (Å²) in [6.07, 6.45) is 1.91. The summed E-state index contributed by atoms with van der Waals surface area (Å²) in [7, 11) is 1.40. The zero-order chi connectivity index (χ0) is 11.9. The Bertz CT molecular complexity index is 190. The summed E-state index contributed by atoms with van der Waals surface area (Å²) >= 11 is 1.63. The van der Waals surface area contributed by atoms with Crippen LogP contribution in [-0.4, -0.2) is 34.8 Å². The van der Waals surface area contributed by atoms with Crippen molar-refractivity contribution in [2.75, 3.05) is 12.9 Å². The van der Waals surface area contributed by atoms with Crippen LogP contribution in [0.15, 0.2) is 0 Å². The molecule has 1 unspecified atom stereocenters. The van der Waals surface area contributed by atoms with E-state index in [1.807, 2.05) is 20.8 Å². The second-order valence-corrected chi connectivity index (χ2v) is 5.26. The lowest BCUT2D eigenvalue weighted by Gasteiger charge is -2.26. The number of esters is 1. The van der Waals surface area contributed by atoms with E-state index in [-0.39, 0.29) is 11.2 Å². The van der Waals surface area contributed by atoms with E-state index in [1.54, 1.807) is 11.8 Å². The lowest BCUT2D eigenvalue weighted by atomic mass is 10.0. The van der Waals surface area contributed by atoms with Gasteiger partial charge in [0.2, 0.25) is 0 Å². The molecule has 0 saturated heterocycles. The third kappa shape index (κ3) is 6.05. The summed E-state index contributed by atoms with van der Waals surface area (Å²) < 4.78 is 4.59. The molecule has 90 valence electrons. The lowest BCUT2D eigenvalue weighted by Crippen LogP contribution is -2.30. The summed E-state index contributed by atoms with van der Waals surface area (Å²) in [5.74, 6) is 0.490. The van der Waals surface area contributed by atoms with E-state index in [0.717, 1.165) is 12.8 Å². The molecule has 0 aromatic rings. The molecule has 0 fully saturated rings. The fourth-order valence-electron chi connectivity index (χ4n) is 1.13. The molecule has 0 aliphatic rings. The van der Waals surface area contributed by atoms with Crippen LogP contribution in [0, 0.1) is 0 Å². The van der Waals surface area contributed by atoms with E-state index < -0.39 is 5.60 Å². The Hall–Kier alpha value is -0.220. The number of hydrogen-bond donors (Lipinski definition) is 1. The van der Waals surface area contributed by atoms with Crippen molar-refractivity contribution in [2.24, 2.45) is 0 Å². The third-order valence-electron chi connectivity index (χ3n) is 2.63. The SMILES string of the molecule is CCC(O)(CC)CSC(C)CC(=O)OC. The predicted octanol–water partition coefficient (Wildman–Crippen LogP) is 2.22. The Labute approximate surface area is 96.6 Å².